The standard InChI is InChI=1S/C18H30N4O4/c1-25-11-15-9-14(21-22-15)10-19-18(24)12-2-3-17(23)16(8-12)20-13-4-6-26-7-5-13/h9,12-13,16-17,20,23H,2-8,10-11H2,1H3,(H,19,24)(H,21,22)/t12-,16+,17+/m0/s1. The molecule has 26 heavy (non-hydrogen) atoms. The first kappa shape index (κ1) is 19.3. The molecule has 1 aliphatic carbocycles. The topological polar surface area (TPSA) is 109 Å². The fraction of sp³-hybridized carbons (Fsp3) is 0.778. The summed E-state index contributed by atoms with van der Waals surface area (Å²) < 4.78 is 10.4. The van der Waals surface area contributed by atoms with E-state index in [4.69, 9.17) is 9.47 Å². The number of carbonyl (C=O) groups excluding carboxylic acids is 1. The van der Waals surface area contributed by atoms with Crippen molar-refractivity contribution in [1.82, 2.24) is 20.8 Å². The summed E-state index contributed by atoms with van der Waals surface area (Å²) in [5.41, 5.74) is 1.68. The molecule has 3 rings (SSSR count). The molecule has 1 saturated carbocycles. The van der Waals surface area contributed by atoms with Crippen molar-refractivity contribution in [1.29, 1.82) is 0 Å². The van der Waals surface area contributed by atoms with Gasteiger partial charge in [-0.25, -0.2) is 0 Å². The van der Waals surface area contributed by atoms with Crippen LogP contribution < -0.4 is 10.6 Å². The molecule has 1 aliphatic heterocycles. The number of nitrogens with zero attached hydrogens (tertiary/aromatic N) is 1. The van der Waals surface area contributed by atoms with Crippen LogP contribution in [0.1, 0.15) is 43.5 Å². The summed E-state index contributed by atoms with van der Waals surface area (Å²) in [5.74, 6) is -0.0318. The van der Waals surface area contributed by atoms with Crippen molar-refractivity contribution in [2.45, 2.75) is 63.4 Å². The van der Waals surface area contributed by atoms with Gasteiger partial charge in [-0.3, -0.25) is 9.89 Å². The van der Waals surface area contributed by atoms with Gasteiger partial charge in [-0.05, 0) is 38.2 Å². The van der Waals surface area contributed by atoms with Gasteiger partial charge < -0.3 is 25.2 Å². The van der Waals surface area contributed by atoms with E-state index in [0.717, 1.165) is 43.9 Å². The van der Waals surface area contributed by atoms with Gasteiger partial charge in [0.2, 0.25) is 5.91 Å². The van der Waals surface area contributed by atoms with Crippen molar-refractivity contribution in [3.8, 4) is 0 Å². The molecule has 146 valence electrons. The Balaban J connectivity index is 1.47. The third-order valence-corrected chi connectivity index (χ3v) is 5.28. The summed E-state index contributed by atoms with van der Waals surface area (Å²) in [6, 6.07) is 2.24. The highest BCUT2D eigenvalue weighted by atomic mass is 16.5. The normalized spacial score (nSPS) is 27.4. The highest BCUT2D eigenvalue weighted by Gasteiger charge is 2.34. The number of nitrogens with one attached hydrogen (secondary N) is 3. The molecule has 2 fully saturated rings. The number of hydrogen-bond donors (Lipinski definition) is 4. The third-order valence-electron chi connectivity index (χ3n) is 5.28. The summed E-state index contributed by atoms with van der Waals surface area (Å²) in [4.78, 5) is 12.5. The Labute approximate surface area is 154 Å². The fourth-order valence-electron chi connectivity index (χ4n) is 3.79. The van der Waals surface area contributed by atoms with Crippen LogP contribution in [-0.2, 0) is 27.4 Å². The molecule has 1 saturated heterocycles. The smallest absolute Gasteiger partial charge is 0.223 e. The number of aromatic nitrogens is 2. The molecule has 8 heteroatoms. The minimum Gasteiger partial charge on any atom is -0.392 e. The zero-order chi connectivity index (χ0) is 18.4. The molecule has 1 aromatic heterocycles. The molecular weight excluding hydrogens is 336 g/mol. The van der Waals surface area contributed by atoms with Crippen LogP contribution in [0.2, 0.25) is 0 Å². The molecule has 0 spiro atoms. The predicted molar refractivity (Wildman–Crippen MR) is 95.3 cm³/mol. The van der Waals surface area contributed by atoms with E-state index >= 15 is 0 Å². The van der Waals surface area contributed by atoms with Gasteiger partial charge in [0.1, 0.15) is 0 Å². The van der Waals surface area contributed by atoms with Crippen molar-refractivity contribution in [2.75, 3.05) is 20.3 Å². The lowest BCUT2D eigenvalue weighted by Crippen LogP contribution is -2.51. The molecule has 1 amide bonds. The molecule has 1 aromatic rings. The van der Waals surface area contributed by atoms with Crippen LogP contribution in [0, 0.1) is 5.92 Å². The minimum atomic E-state index is -0.383. The number of carbonyl (C=O) groups is 1. The van der Waals surface area contributed by atoms with Crippen molar-refractivity contribution in [3.63, 3.8) is 0 Å². The summed E-state index contributed by atoms with van der Waals surface area (Å²) >= 11 is 0. The van der Waals surface area contributed by atoms with Gasteiger partial charge in [-0.2, -0.15) is 5.10 Å². The van der Waals surface area contributed by atoms with Crippen LogP contribution >= 0.6 is 0 Å². The molecule has 3 atom stereocenters. The van der Waals surface area contributed by atoms with Gasteiger partial charge in [0, 0.05) is 38.3 Å². The molecule has 2 aliphatic rings. The van der Waals surface area contributed by atoms with Gasteiger partial charge >= 0.3 is 0 Å². The SMILES string of the molecule is COCc1cc(CNC(=O)[C@H]2CC[C@@H](O)[C@H](NC3CCOCC3)C2)[nH]n1. The molecule has 0 bridgehead atoms. The molecule has 0 unspecified atom stereocenters. The molecule has 8 nitrogen and oxygen atoms in total. The Kier molecular flexibility index (Phi) is 7.01. The second-order valence-corrected chi connectivity index (χ2v) is 7.27. The lowest BCUT2D eigenvalue weighted by Gasteiger charge is -2.36. The lowest BCUT2D eigenvalue weighted by molar-refractivity contribution is -0.127. The van der Waals surface area contributed by atoms with Crippen LogP contribution in [0.25, 0.3) is 0 Å². The molecule has 0 aromatic carbocycles. The molecular formula is C18H30N4O4. The number of aromatic amines is 1. The van der Waals surface area contributed by atoms with Gasteiger partial charge in [0.15, 0.2) is 0 Å². The average Bonchev–Trinajstić information content (AvgIpc) is 3.10. The molecule has 4 N–H and O–H groups in total. The van der Waals surface area contributed by atoms with E-state index in [1.54, 1.807) is 7.11 Å². The second-order valence-electron chi connectivity index (χ2n) is 7.27. The predicted octanol–water partition coefficient (Wildman–Crippen LogP) is 0.471. The summed E-state index contributed by atoms with van der Waals surface area (Å²) in [5, 5.41) is 23.9. The van der Waals surface area contributed by atoms with Crippen molar-refractivity contribution < 1.29 is 19.4 Å². The highest BCUT2D eigenvalue weighted by molar-refractivity contribution is 5.78. The number of ether oxygens (including phenoxy) is 2. The first-order valence-electron chi connectivity index (χ1n) is 9.47. The van der Waals surface area contributed by atoms with Crippen LogP contribution in [-0.4, -0.2) is 59.7 Å². The zero-order valence-corrected chi connectivity index (χ0v) is 15.4. The van der Waals surface area contributed by atoms with Crippen LogP contribution in [0.4, 0.5) is 0 Å². The largest absolute Gasteiger partial charge is 0.392 e. The van der Waals surface area contributed by atoms with E-state index in [0.29, 0.717) is 32.0 Å². The fourth-order valence-corrected chi connectivity index (χ4v) is 3.79. The number of rotatable bonds is 7. The maximum atomic E-state index is 12.5. The number of H-pyrrole nitrogens is 1. The number of hydrogen-bond acceptors (Lipinski definition) is 6. The Bertz CT molecular complexity index is 573. The zero-order valence-electron chi connectivity index (χ0n) is 15.4. The number of aliphatic hydroxyl groups is 1. The van der Waals surface area contributed by atoms with E-state index in [-0.39, 0.29) is 24.0 Å². The first-order valence-corrected chi connectivity index (χ1v) is 9.47. The second kappa shape index (κ2) is 9.45. The summed E-state index contributed by atoms with van der Waals surface area (Å²) in [6.07, 6.45) is 3.58. The van der Waals surface area contributed by atoms with E-state index in [1.165, 1.54) is 0 Å². The Morgan fingerprint density at radius 1 is 1.38 bits per heavy atom. The van der Waals surface area contributed by atoms with E-state index in [9.17, 15) is 9.90 Å². The van der Waals surface area contributed by atoms with Gasteiger partial charge in [-0.1, -0.05) is 0 Å². The maximum absolute atomic E-state index is 12.5. The number of methoxy groups -OCH3 is 1. The van der Waals surface area contributed by atoms with E-state index in [2.05, 4.69) is 20.8 Å². The first-order chi connectivity index (χ1) is 12.7. The summed E-state index contributed by atoms with van der Waals surface area (Å²) in [7, 11) is 1.62. The monoisotopic (exact) mass is 366 g/mol. The van der Waals surface area contributed by atoms with Crippen molar-refractivity contribution >= 4 is 5.91 Å². The molecule has 2 heterocycles. The maximum Gasteiger partial charge on any atom is 0.223 e. The van der Waals surface area contributed by atoms with Gasteiger partial charge in [0.05, 0.1) is 30.6 Å². The van der Waals surface area contributed by atoms with Gasteiger partial charge in [0.25, 0.3) is 0 Å². The highest BCUT2D eigenvalue weighted by Crippen LogP contribution is 2.26. The Hall–Kier alpha value is -1.48. The quantitative estimate of drug-likeness (QED) is 0.559. The third kappa shape index (κ3) is 5.26. The van der Waals surface area contributed by atoms with Gasteiger partial charge in [-0.15, -0.1) is 0 Å². The van der Waals surface area contributed by atoms with E-state index < -0.39 is 0 Å². The average molecular weight is 366 g/mol. The number of amides is 1. The minimum absolute atomic E-state index is 0.0249. The van der Waals surface area contributed by atoms with Crippen molar-refractivity contribution in [3.05, 3.63) is 17.5 Å². The molecule has 0 radical (unpaired) electrons. The number of aliphatic hydroxyl groups excluding tert-OH is 1. The Morgan fingerprint density at radius 2 is 2.19 bits per heavy atom. The lowest BCUT2D eigenvalue weighted by atomic mass is 9.82. The Morgan fingerprint density at radius 3 is 2.96 bits per heavy atom. The summed E-state index contributed by atoms with van der Waals surface area (Å²) in [6.45, 7) is 2.40. The van der Waals surface area contributed by atoms with Crippen LogP contribution in [0.3, 0.4) is 0 Å². The van der Waals surface area contributed by atoms with E-state index in [1.807, 2.05) is 6.07 Å². The van der Waals surface area contributed by atoms with Crippen LogP contribution in [0.15, 0.2) is 6.07 Å². The van der Waals surface area contributed by atoms with Crippen LogP contribution in [0.5, 0.6) is 0 Å². The van der Waals surface area contributed by atoms with Crippen molar-refractivity contribution in [2.24, 2.45) is 5.92 Å².